The highest BCUT2D eigenvalue weighted by Crippen LogP contribution is 2.22. The van der Waals surface area contributed by atoms with E-state index in [0.29, 0.717) is 18.8 Å². The molecule has 120 valence electrons. The minimum atomic E-state index is -3.51. The lowest BCUT2D eigenvalue weighted by atomic mass is 9.94. The summed E-state index contributed by atoms with van der Waals surface area (Å²) in [7, 11) is -1.93. The van der Waals surface area contributed by atoms with Crippen molar-refractivity contribution in [3.63, 3.8) is 0 Å². The van der Waals surface area contributed by atoms with E-state index in [0.717, 1.165) is 0 Å². The minimum Gasteiger partial charge on any atom is -0.491 e. The molecule has 0 radical (unpaired) electrons. The van der Waals surface area contributed by atoms with E-state index in [9.17, 15) is 8.42 Å². The van der Waals surface area contributed by atoms with Gasteiger partial charge in [0.1, 0.15) is 5.75 Å². The number of sulfonamides is 1. The van der Waals surface area contributed by atoms with E-state index in [-0.39, 0.29) is 16.4 Å². The van der Waals surface area contributed by atoms with Gasteiger partial charge in [0.25, 0.3) is 0 Å². The van der Waals surface area contributed by atoms with Crippen LogP contribution in [0.15, 0.2) is 29.2 Å². The van der Waals surface area contributed by atoms with Gasteiger partial charge in [-0.15, -0.1) is 0 Å². The van der Waals surface area contributed by atoms with Crippen molar-refractivity contribution in [2.24, 2.45) is 11.1 Å². The van der Waals surface area contributed by atoms with Gasteiger partial charge in [-0.2, -0.15) is 0 Å². The van der Waals surface area contributed by atoms with E-state index in [1.165, 1.54) is 4.31 Å². The van der Waals surface area contributed by atoms with Gasteiger partial charge in [-0.25, -0.2) is 12.7 Å². The fraction of sp³-hybridized carbons (Fsp3) is 0.600. The summed E-state index contributed by atoms with van der Waals surface area (Å²) in [5, 5.41) is 0. The lowest BCUT2D eigenvalue weighted by Gasteiger charge is -2.28. The molecule has 0 fully saturated rings. The van der Waals surface area contributed by atoms with Crippen LogP contribution in [0.25, 0.3) is 0 Å². The second kappa shape index (κ2) is 6.77. The molecule has 0 spiro atoms. The topological polar surface area (TPSA) is 72.6 Å². The molecule has 6 heteroatoms. The predicted molar refractivity (Wildman–Crippen MR) is 84.9 cm³/mol. The van der Waals surface area contributed by atoms with Crippen LogP contribution in [-0.4, -0.2) is 39.0 Å². The Morgan fingerprint density at radius 1 is 1.24 bits per heavy atom. The number of benzene rings is 1. The van der Waals surface area contributed by atoms with Crippen molar-refractivity contribution < 1.29 is 13.2 Å². The van der Waals surface area contributed by atoms with Crippen molar-refractivity contribution >= 4 is 10.0 Å². The first-order valence-corrected chi connectivity index (χ1v) is 8.45. The van der Waals surface area contributed by atoms with Gasteiger partial charge in [-0.1, -0.05) is 13.8 Å². The molecule has 1 aromatic rings. The highest BCUT2D eigenvalue weighted by molar-refractivity contribution is 7.89. The lowest BCUT2D eigenvalue weighted by Crippen LogP contribution is -2.39. The number of nitrogens with zero attached hydrogens (tertiary/aromatic N) is 1. The van der Waals surface area contributed by atoms with Gasteiger partial charge in [0.05, 0.1) is 11.0 Å². The molecule has 5 nitrogen and oxygen atoms in total. The van der Waals surface area contributed by atoms with Crippen LogP contribution < -0.4 is 10.5 Å². The standard InChI is InChI=1S/C15H26N2O3S/c1-12(2)20-13-6-8-14(9-7-13)21(18,19)17(5)11-15(3,4)10-16/h6-9,12H,10-11,16H2,1-5H3. The van der Waals surface area contributed by atoms with Crippen molar-refractivity contribution in [3.05, 3.63) is 24.3 Å². The average Bonchev–Trinajstić information content (AvgIpc) is 2.38. The summed E-state index contributed by atoms with van der Waals surface area (Å²) < 4.78 is 31.9. The maximum Gasteiger partial charge on any atom is 0.242 e. The van der Waals surface area contributed by atoms with Crippen molar-refractivity contribution in [1.82, 2.24) is 4.31 Å². The van der Waals surface area contributed by atoms with Crippen molar-refractivity contribution in [2.75, 3.05) is 20.1 Å². The van der Waals surface area contributed by atoms with Crippen LogP contribution in [0.5, 0.6) is 5.75 Å². The molecular formula is C15H26N2O3S. The molecule has 0 aliphatic carbocycles. The third-order valence-corrected chi connectivity index (χ3v) is 4.92. The van der Waals surface area contributed by atoms with Crippen LogP contribution in [0.4, 0.5) is 0 Å². The predicted octanol–water partition coefficient (Wildman–Crippen LogP) is 2.08. The second-order valence-electron chi connectivity index (χ2n) is 6.27. The second-order valence-corrected chi connectivity index (χ2v) is 8.31. The normalized spacial score (nSPS) is 13.0. The Labute approximate surface area is 128 Å². The molecule has 0 saturated carbocycles. The third-order valence-electron chi connectivity index (χ3n) is 3.11. The van der Waals surface area contributed by atoms with E-state index < -0.39 is 10.0 Å². The fourth-order valence-corrected chi connectivity index (χ4v) is 3.25. The molecule has 0 bridgehead atoms. The summed E-state index contributed by atoms with van der Waals surface area (Å²) >= 11 is 0. The van der Waals surface area contributed by atoms with E-state index >= 15 is 0 Å². The molecule has 1 aromatic carbocycles. The number of ether oxygens (including phenoxy) is 1. The van der Waals surface area contributed by atoms with Crippen LogP contribution in [0.3, 0.4) is 0 Å². The van der Waals surface area contributed by atoms with Gasteiger partial charge in [-0.3, -0.25) is 0 Å². The summed E-state index contributed by atoms with van der Waals surface area (Å²) in [6.45, 7) is 8.53. The molecule has 0 unspecified atom stereocenters. The maximum absolute atomic E-state index is 12.5. The minimum absolute atomic E-state index is 0.0560. The number of hydrogen-bond donors (Lipinski definition) is 1. The SMILES string of the molecule is CC(C)Oc1ccc(S(=O)(=O)N(C)CC(C)(C)CN)cc1. The first-order valence-electron chi connectivity index (χ1n) is 7.01. The smallest absolute Gasteiger partial charge is 0.242 e. The van der Waals surface area contributed by atoms with Gasteiger partial charge < -0.3 is 10.5 Å². The summed E-state index contributed by atoms with van der Waals surface area (Å²) in [6, 6.07) is 6.49. The summed E-state index contributed by atoms with van der Waals surface area (Å²) in [4.78, 5) is 0.258. The first-order chi connectivity index (χ1) is 9.58. The summed E-state index contributed by atoms with van der Waals surface area (Å²) in [6.07, 6.45) is 0.0560. The molecule has 0 saturated heterocycles. The van der Waals surface area contributed by atoms with Crippen LogP contribution in [-0.2, 0) is 10.0 Å². The van der Waals surface area contributed by atoms with Crippen LogP contribution in [0.1, 0.15) is 27.7 Å². The van der Waals surface area contributed by atoms with Gasteiger partial charge in [0.2, 0.25) is 10.0 Å². The zero-order chi connectivity index (χ0) is 16.3. The molecule has 0 heterocycles. The molecule has 0 amide bonds. The number of hydrogen-bond acceptors (Lipinski definition) is 4. The highest BCUT2D eigenvalue weighted by Gasteiger charge is 2.27. The largest absolute Gasteiger partial charge is 0.491 e. The molecular weight excluding hydrogens is 288 g/mol. The first kappa shape index (κ1) is 17.9. The van der Waals surface area contributed by atoms with E-state index in [2.05, 4.69) is 0 Å². The van der Waals surface area contributed by atoms with Crippen molar-refractivity contribution in [1.29, 1.82) is 0 Å². The van der Waals surface area contributed by atoms with Gasteiger partial charge in [-0.05, 0) is 50.1 Å². The Morgan fingerprint density at radius 2 is 1.76 bits per heavy atom. The Kier molecular flexibility index (Phi) is 5.78. The highest BCUT2D eigenvalue weighted by atomic mass is 32.2. The third kappa shape index (κ3) is 4.98. The van der Waals surface area contributed by atoms with Gasteiger partial charge >= 0.3 is 0 Å². The number of nitrogens with two attached hydrogens (primary N) is 1. The van der Waals surface area contributed by atoms with Gasteiger partial charge in [0.15, 0.2) is 0 Å². The summed E-state index contributed by atoms with van der Waals surface area (Å²) in [5.41, 5.74) is 5.40. The van der Waals surface area contributed by atoms with Crippen molar-refractivity contribution in [2.45, 2.75) is 38.7 Å². The van der Waals surface area contributed by atoms with E-state index in [1.807, 2.05) is 27.7 Å². The van der Waals surface area contributed by atoms with E-state index in [1.54, 1.807) is 31.3 Å². The Bertz CT molecular complexity index is 551. The zero-order valence-electron chi connectivity index (χ0n) is 13.5. The Morgan fingerprint density at radius 3 is 2.19 bits per heavy atom. The van der Waals surface area contributed by atoms with E-state index in [4.69, 9.17) is 10.5 Å². The molecule has 1 rings (SSSR count). The molecule has 21 heavy (non-hydrogen) atoms. The zero-order valence-corrected chi connectivity index (χ0v) is 14.3. The van der Waals surface area contributed by atoms with Crippen LogP contribution in [0.2, 0.25) is 0 Å². The Balaban J connectivity index is 2.92. The van der Waals surface area contributed by atoms with Crippen LogP contribution >= 0.6 is 0 Å². The maximum atomic E-state index is 12.5. The molecule has 0 aliphatic rings. The summed E-state index contributed by atoms with van der Waals surface area (Å²) in [5.74, 6) is 0.661. The molecule has 0 aromatic heterocycles. The monoisotopic (exact) mass is 314 g/mol. The number of rotatable bonds is 7. The van der Waals surface area contributed by atoms with Gasteiger partial charge in [0, 0.05) is 13.6 Å². The molecule has 0 atom stereocenters. The molecule has 0 aliphatic heterocycles. The average molecular weight is 314 g/mol. The quantitative estimate of drug-likeness (QED) is 0.836. The fourth-order valence-electron chi connectivity index (χ4n) is 1.89. The lowest BCUT2D eigenvalue weighted by molar-refractivity contribution is 0.242. The van der Waals surface area contributed by atoms with Crippen molar-refractivity contribution in [3.8, 4) is 5.75 Å². The van der Waals surface area contributed by atoms with Crippen LogP contribution in [0, 0.1) is 5.41 Å². The molecule has 2 N–H and O–H groups in total. The Hall–Kier alpha value is -1.11.